The van der Waals surface area contributed by atoms with Crippen LogP contribution in [0.4, 0.5) is 11.9 Å². The molecule has 22 nitrogen and oxygen atoms in total. The highest BCUT2D eigenvalue weighted by molar-refractivity contribution is 9.11. The number of aromatic amines is 2. The van der Waals surface area contributed by atoms with E-state index in [0.29, 0.717) is 64.9 Å². The number of halogens is 4. The van der Waals surface area contributed by atoms with Gasteiger partial charge in [-0.25, -0.2) is 28.1 Å². The molecule has 1 aromatic carbocycles. The largest absolute Gasteiger partial charge is 0.393 e. The topological polar surface area (TPSA) is 321 Å². The number of fused-ring (bicyclic) bond motifs is 3. The van der Waals surface area contributed by atoms with Crippen LogP contribution >= 0.6 is 60.2 Å². The lowest BCUT2D eigenvalue weighted by atomic mass is 9.93. The zero-order valence-electron chi connectivity index (χ0n) is 40.6. The Kier molecular flexibility index (Phi) is 24.5. The molecule has 6 heterocycles. The van der Waals surface area contributed by atoms with E-state index in [1.807, 2.05) is 17.8 Å². The third-order valence-corrected chi connectivity index (χ3v) is 14.9. The van der Waals surface area contributed by atoms with Crippen molar-refractivity contribution >= 4 is 125 Å². The van der Waals surface area contributed by atoms with Gasteiger partial charge in [-0.05, 0) is 144 Å². The molecule has 2 aliphatic carbocycles. The summed E-state index contributed by atoms with van der Waals surface area (Å²) in [6, 6.07) is 6.92. The summed E-state index contributed by atoms with van der Waals surface area (Å²) in [5.41, 5.74) is 7.89. The molecule has 0 atom stereocenters. The number of aliphatic hydroxyl groups is 2. The molecule has 6 aromatic heterocycles. The van der Waals surface area contributed by atoms with Crippen molar-refractivity contribution in [3.63, 3.8) is 0 Å². The van der Waals surface area contributed by atoms with Gasteiger partial charge >= 0.3 is 0 Å². The van der Waals surface area contributed by atoms with Crippen molar-refractivity contribution in [1.29, 1.82) is 0 Å². The molecule has 28 heteroatoms. The summed E-state index contributed by atoms with van der Waals surface area (Å²) >= 11 is 10.0. The summed E-state index contributed by atoms with van der Waals surface area (Å²) in [5, 5.41) is 45.4. The Bertz CT molecular complexity index is 2990. The van der Waals surface area contributed by atoms with Crippen molar-refractivity contribution < 1.29 is 31.2 Å². The van der Waals surface area contributed by atoms with Gasteiger partial charge in [-0.2, -0.15) is 38.7 Å². The van der Waals surface area contributed by atoms with Crippen LogP contribution in [0.1, 0.15) is 103 Å². The Balaban J connectivity index is 0.000000205. The molecule has 2 aliphatic rings. The Morgan fingerprint density at radius 3 is 1.72 bits per heavy atom. The molecule has 0 aliphatic heterocycles. The van der Waals surface area contributed by atoms with E-state index in [4.69, 9.17) is 9.92 Å². The molecule has 72 heavy (non-hydrogen) atoms. The summed E-state index contributed by atoms with van der Waals surface area (Å²) in [6.45, 7) is 10.7. The second-order valence-corrected chi connectivity index (χ2v) is 22.6. The number of hydrogen-bond donors (Lipinski definition) is 7. The normalized spacial score (nSPS) is 17.7. The van der Waals surface area contributed by atoms with Crippen LogP contribution in [0.2, 0.25) is 0 Å². The molecule has 0 saturated heterocycles. The number of nitrogens with one attached hydrogen (secondary N) is 4. The molecule has 0 spiro atoms. The Hall–Kier alpha value is -4.06. The number of H-pyrrole nitrogens is 2. The zero-order chi connectivity index (χ0) is 51.7. The smallest absolute Gasteiger partial charge is 0.297 e. The summed E-state index contributed by atoms with van der Waals surface area (Å²) in [6.07, 6.45) is 14.3. The molecule has 396 valence electrons. The molecule has 2 saturated carbocycles. The van der Waals surface area contributed by atoms with E-state index in [9.17, 15) is 27.0 Å². The van der Waals surface area contributed by atoms with E-state index in [1.165, 1.54) is 6.20 Å². The van der Waals surface area contributed by atoms with Gasteiger partial charge in [0.25, 0.3) is 10.1 Å². The van der Waals surface area contributed by atoms with Crippen molar-refractivity contribution in [2.75, 3.05) is 36.5 Å². The van der Waals surface area contributed by atoms with Crippen molar-refractivity contribution in [1.82, 2.24) is 60.1 Å². The first-order valence-corrected chi connectivity index (χ1v) is 28.9. The van der Waals surface area contributed by atoms with Gasteiger partial charge in [-0.15, -0.1) is 12.4 Å². The highest BCUT2D eigenvalue weighted by Crippen LogP contribution is 2.33. The van der Waals surface area contributed by atoms with Gasteiger partial charge in [0.05, 0.1) is 45.4 Å². The number of nitrogens with zero attached hydrogens (tertiary/aromatic N) is 10. The molecule has 7 aromatic rings. The first-order valence-electron chi connectivity index (χ1n) is 23.2. The molecular weight excluding hydrogens is 1190 g/mol. The minimum Gasteiger partial charge on any atom is -0.393 e. The summed E-state index contributed by atoms with van der Waals surface area (Å²) in [5.74, 6) is 1.27. The molecule has 0 radical (unpaired) electrons. The number of rotatable bonds is 12. The number of aliphatic hydroxyl groups excluding tert-OH is 2. The summed E-state index contributed by atoms with van der Waals surface area (Å²) < 4.78 is 55.7. The maximum atomic E-state index is 12.0. The lowest BCUT2D eigenvalue weighted by molar-refractivity contribution is 0.0695. The van der Waals surface area contributed by atoms with Crippen LogP contribution in [0.25, 0.3) is 33.1 Å². The standard InChI is InChI=1S/C14H20BrN5O.C13H18O4S.C8H10BrN5.C6H5BrN4O2S.C3H9N.ClH/c1-2-7-16-14-17-8-11-12(15)19-20(13(11)18-14)9-3-5-10(21)6-4-9;1-10-2-8-13(9-3-10)18(15,16)17-12-6-4-11(14)5-7-12;1-2-3-10-8-11-4-5-6(9)13-14-7(5)12-8;1-14(12,13)6-8-2-3-4(7)10-11-5(3)9-6;1-2-3-4;/h8-10,21H,2-7H2,1H3,(H,16,17,18);2-3,8-9,11-12,14H,4-7H2,1H3;4H,2-3H2,1H3,(H2,10,11,12,13,14);2H,1H3,(H,8,9,10,11);2-4H2,1H3;1H. The maximum Gasteiger partial charge on any atom is 0.297 e. The lowest BCUT2D eigenvalue weighted by Crippen LogP contribution is -2.26. The molecule has 0 unspecified atom stereocenters. The van der Waals surface area contributed by atoms with E-state index in [2.05, 4.69) is 135 Å². The molecule has 2 fully saturated rings. The summed E-state index contributed by atoms with van der Waals surface area (Å²) in [4.78, 5) is 25.1. The molecule has 8 N–H and O–H groups in total. The van der Waals surface area contributed by atoms with Gasteiger partial charge in [0.1, 0.15) is 13.8 Å². The highest BCUT2D eigenvalue weighted by Gasteiger charge is 2.27. The lowest BCUT2D eigenvalue weighted by Gasteiger charge is -2.25. The van der Waals surface area contributed by atoms with E-state index < -0.39 is 20.0 Å². The van der Waals surface area contributed by atoms with Gasteiger partial charge in [-0.3, -0.25) is 14.4 Å². The zero-order valence-corrected chi connectivity index (χ0v) is 47.8. The van der Waals surface area contributed by atoms with Crippen LogP contribution in [0.3, 0.4) is 0 Å². The predicted molar refractivity (Wildman–Crippen MR) is 290 cm³/mol. The fraction of sp³-hybridized carbons (Fsp3) is 0.523. The van der Waals surface area contributed by atoms with E-state index in [1.54, 1.807) is 30.5 Å². The predicted octanol–water partition coefficient (Wildman–Crippen LogP) is 8.12. The summed E-state index contributed by atoms with van der Waals surface area (Å²) in [7, 11) is -7.05. The fourth-order valence-corrected chi connectivity index (χ4v) is 9.70. The number of hydrogen-bond acceptors (Lipinski definition) is 19. The van der Waals surface area contributed by atoms with Gasteiger partial charge in [0, 0.05) is 37.9 Å². The number of aryl methyl sites for hydroxylation is 1. The van der Waals surface area contributed by atoms with Gasteiger partial charge < -0.3 is 26.6 Å². The molecule has 0 amide bonds. The first kappa shape index (κ1) is 60.5. The Morgan fingerprint density at radius 2 is 1.21 bits per heavy atom. The minimum absolute atomic E-state index is 0. The van der Waals surface area contributed by atoms with Crippen LogP contribution in [-0.2, 0) is 24.1 Å². The van der Waals surface area contributed by atoms with Crippen LogP contribution in [0.5, 0.6) is 0 Å². The van der Waals surface area contributed by atoms with Gasteiger partial charge in [0.15, 0.2) is 16.9 Å². The second kappa shape index (κ2) is 29.1. The number of anilines is 2. The van der Waals surface area contributed by atoms with Crippen LogP contribution in [0, 0.1) is 6.92 Å². The third-order valence-electron chi connectivity index (χ3n) is 10.8. The maximum absolute atomic E-state index is 12.0. The minimum atomic E-state index is -3.68. The molecule has 0 bridgehead atoms. The van der Waals surface area contributed by atoms with Gasteiger partial charge in [-0.1, -0.05) is 38.5 Å². The molecule has 9 rings (SSSR count). The van der Waals surface area contributed by atoms with Crippen molar-refractivity contribution in [3.8, 4) is 0 Å². The number of sulfone groups is 1. The average molecular weight is 1250 g/mol. The monoisotopic (exact) mass is 1250 g/mol. The number of nitrogens with two attached hydrogens (primary N) is 1. The van der Waals surface area contributed by atoms with Crippen LogP contribution < -0.4 is 16.4 Å². The van der Waals surface area contributed by atoms with Crippen LogP contribution in [-0.4, -0.2) is 131 Å². The van der Waals surface area contributed by atoms with E-state index >= 15 is 0 Å². The van der Waals surface area contributed by atoms with Crippen LogP contribution in [0.15, 0.2) is 66.7 Å². The van der Waals surface area contributed by atoms with Crippen molar-refractivity contribution in [3.05, 3.63) is 62.2 Å². The highest BCUT2D eigenvalue weighted by atomic mass is 79.9. The number of aromatic nitrogens is 12. The van der Waals surface area contributed by atoms with E-state index in [0.717, 1.165) is 102 Å². The van der Waals surface area contributed by atoms with E-state index in [-0.39, 0.29) is 40.8 Å². The SMILES string of the molecule is CCCN.CCCNc1ncc2c(Br)[nH]nc2n1.CCCNc1ncc2c(Br)nn(C3CCC(O)CC3)c2n1.CS(=O)(=O)c1ncc2c(Br)[nH]nc2n1.Cc1ccc(S(=O)(=O)OC2CCC(O)CC2)cc1.Cl. The van der Waals surface area contributed by atoms with Gasteiger partial charge in [0.2, 0.25) is 26.9 Å². The third kappa shape index (κ3) is 17.8. The number of benzene rings is 1. The fourth-order valence-electron chi connectivity index (χ4n) is 6.88. The Labute approximate surface area is 450 Å². The quantitative estimate of drug-likeness (QED) is 0.0448. The average Bonchev–Trinajstić information content (AvgIpc) is 4.04. The second-order valence-electron chi connectivity index (χ2n) is 16.7. The van der Waals surface area contributed by atoms with Crippen molar-refractivity contribution in [2.24, 2.45) is 5.73 Å². The first-order chi connectivity index (χ1) is 33.9. The Morgan fingerprint density at radius 1 is 0.722 bits per heavy atom. The van der Waals surface area contributed by atoms with Crippen molar-refractivity contribution in [2.45, 2.75) is 133 Å². The molecular formula is C44H63Br3ClN15O7S2.